The van der Waals surface area contributed by atoms with E-state index in [0.717, 1.165) is 32.1 Å². The highest BCUT2D eigenvalue weighted by Crippen LogP contribution is 2.28. The van der Waals surface area contributed by atoms with Crippen molar-refractivity contribution >= 4 is 11.9 Å². The van der Waals surface area contributed by atoms with Crippen molar-refractivity contribution in [2.45, 2.75) is 57.0 Å². The van der Waals surface area contributed by atoms with Crippen LogP contribution in [0.15, 0.2) is 0 Å². The number of carboxylic acid groups (broad SMARTS) is 1. The maximum Gasteiger partial charge on any atom is 0.326 e. The Balaban J connectivity index is 2.07. The van der Waals surface area contributed by atoms with Crippen molar-refractivity contribution in [3.05, 3.63) is 0 Å². The van der Waals surface area contributed by atoms with Gasteiger partial charge in [-0.3, -0.25) is 4.79 Å². The quantitative estimate of drug-likeness (QED) is 0.769. The molecule has 5 nitrogen and oxygen atoms in total. The first-order valence-corrected chi connectivity index (χ1v) is 6.88. The van der Waals surface area contributed by atoms with Crippen LogP contribution < -0.4 is 5.73 Å². The average Bonchev–Trinajstić information content (AvgIpc) is 2.63. The van der Waals surface area contributed by atoms with Crippen molar-refractivity contribution in [1.82, 2.24) is 4.90 Å². The minimum atomic E-state index is -0.868. The molecule has 2 fully saturated rings. The third kappa shape index (κ3) is 2.83. The highest BCUT2D eigenvalue weighted by Gasteiger charge is 2.36. The van der Waals surface area contributed by atoms with E-state index in [1.807, 2.05) is 0 Å². The van der Waals surface area contributed by atoms with E-state index >= 15 is 0 Å². The fourth-order valence-corrected chi connectivity index (χ4v) is 3.10. The van der Waals surface area contributed by atoms with Gasteiger partial charge in [0.2, 0.25) is 5.91 Å². The Morgan fingerprint density at radius 3 is 2.50 bits per heavy atom. The van der Waals surface area contributed by atoms with E-state index < -0.39 is 12.0 Å². The van der Waals surface area contributed by atoms with Crippen LogP contribution in [0.1, 0.15) is 44.9 Å². The van der Waals surface area contributed by atoms with Gasteiger partial charge in [0.15, 0.2) is 0 Å². The van der Waals surface area contributed by atoms with Gasteiger partial charge in [-0.25, -0.2) is 4.79 Å². The Kier molecular flexibility index (Phi) is 4.22. The lowest BCUT2D eigenvalue weighted by molar-refractivity contribution is -0.152. The van der Waals surface area contributed by atoms with E-state index in [4.69, 9.17) is 5.73 Å². The molecule has 0 aromatic carbocycles. The Morgan fingerprint density at radius 2 is 1.89 bits per heavy atom. The van der Waals surface area contributed by atoms with Gasteiger partial charge >= 0.3 is 5.97 Å². The lowest BCUT2D eigenvalue weighted by Gasteiger charge is -2.29. The summed E-state index contributed by atoms with van der Waals surface area (Å²) in [5.41, 5.74) is 5.83. The third-order valence-corrected chi connectivity index (χ3v) is 4.14. The molecule has 0 aromatic heterocycles. The molecule has 0 bridgehead atoms. The lowest BCUT2D eigenvalue weighted by Crippen LogP contribution is -2.47. The molecule has 1 saturated heterocycles. The van der Waals surface area contributed by atoms with Gasteiger partial charge in [0.05, 0.1) is 0 Å². The summed E-state index contributed by atoms with van der Waals surface area (Å²) in [6.07, 6.45) is 5.79. The molecule has 5 heteroatoms. The molecular formula is C13H22N2O3. The van der Waals surface area contributed by atoms with Gasteiger partial charge in [-0.05, 0) is 32.1 Å². The predicted molar refractivity (Wildman–Crippen MR) is 66.9 cm³/mol. The number of nitrogens with zero attached hydrogens (tertiary/aromatic N) is 1. The minimum Gasteiger partial charge on any atom is -0.480 e. The molecule has 1 saturated carbocycles. The summed E-state index contributed by atoms with van der Waals surface area (Å²) in [6.45, 7) is 0.585. The van der Waals surface area contributed by atoms with Crippen LogP contribution >= 0.6 is 0 Å². The largest absolute Gasteiger partial charge is 0.480 e. The van der Waals surface area contributed by atoms with Crippen LogP contribution in [0.25, 0.3) is 0 Å². The highest BCUT2D eigenvalue weighted by molar-refractivity contribution is 5.85. The SMILES string of the molecule is NC1CCC(C(=O)N2CCCCCC2C(=O)O)C1. The Hall–Kier alpha value is -1.10. The zero-order valence-electron chi connectivity index (χ0n) is 10.7. The van der Waals surface area contributed by atoms with E-state index in [-0.39, 0.29) is 17.9 Å². The second kappa shape index (κ2) is 5.69. The Morgan fingerprint density at radius 1 is 1.11 bits per heavy atom. The molecule has 0 aromatic rings. The molecule has 2 aliphatic rings. The van der Waals surface area contributed by atoms with Crippen LogP contribution in [0.4, 0.5) is 0 Å². The van der Waals surface area contributed by atoms with E-state index in [2.05, 4.69) is 0 Å². The molecule has 1 amide bonds. The zero-order chi connectivity index (χ0) is 13.1. The van der Waals surface area contributed by atoms with Gasteiger partial charge < -0.3 is 15.7 Å². The van der Waals surface area contributed by atoms with Crippen LogP contribution in [-0.2, 0) is 9.59 Å². The number of carbonyl (C=O) groups excluding carboxylic acids is 1. The van der Waals surface area contributed by atoms with Crippen LogP contribution in [0.3, 0.4) is 0 Å². The smallest absolute Gasteiger partial charge is 0.326 e. The molecule has 3 N–H and O–H groups in total. The van der Waals surface area contributed by atoms with Crippen LogP contribution in [-0.4, -0.2) is 40.5 Å². The summed E-state index contributed by atoms with van der Waals surface area (Å²) < 4.78 is 0. The minimum absolute atomic E-state index is 0.0113. The van der Waals surface area contributed by atoms with E-state index in [1.165, 1.54) is 0 Å². The number of likely N-dealkylation sites (tertiary alicyclic amines) is 1. The predicted octanol–water partition coefficient (Wildman–Crippen LogP) is 0.970. The Bertz CT molecular complexity index is 332. The number of aliphatic carboxylic acids is 1. The van der Waals surface area contributed by atoms with Gasteiger partial charge in [-0.2, -0.15) is 0 Å². The molecule has 102 valence electrons. The van der Waals surface area contributed by atoms with Crippen molar-refractivity contribution in [2.24, 2.45) is 11.7 Å². The molecular weight excluding hydrogens is 232 g/mol. The topological polar surface area (TPSA) is 83.6 Å². The van der Waals surface area contributed by atoms with Crippen molar-refractivity contribution < 1.29 is 14.7 Å². The van der Waals surface area contributed by atoms with Crippen LogP contribution in [0.2, 0.25) is 0 Å². The molecule has 1 aliphatic carbocycles. The molecule has 0 radical (unpaired) electrons. The molecule has 3 atom stereocenters. The summed E-state index contributed by atoms with van der Waals surface area (Å²) in [4.78, 5) is 25.3. The molecule has 18 heavy (non-hydrogen) atoms. The summed E-state index contributed by atoms with van der Waals surface area (Å²) in [7, 11) is 0. The standard InChI is InChI=1S/C13H22N2O3/c14-10-6-5-9(8-10)12(16)15-7-3-1-2-4-11(15)13(17)18/h9-11H,1-8,14H2,(H,17,18). The number of carbonyl (C=O) groups is 2. The first kappa shape index (κ1) is 13.3. The summed E-state index contributed by atoms with van der Waals surface area (Å²) in [5.74, 6) is -0.912. The van der Waals surface area contributed by atoms with Crippen molar-refractivity contribution in [3.8, 4) is 0 Å². The second-order valence-electron chi connectivity index (χ2n) is 5.51. The lowest BCUT2D eigenvalue weighted by atomic mass is 10.0. The van der Waals surface area contributed by atoms with Gasteiger partial charge in [0, 0.05) is 18.5 Å². The van der Waals surface area contributed by atoms with Crippen molar-refractivity contribution in [3.63, 3.8) is 0 Å². The number of nitrogens with two attached hydrogens (primary N) is 1. The first-order valence-electron chi connectivity index (χ1n) is 6.88. The first-order chi connectivity index (χ1) is 8.59. The van der Waals surface area contributed by atoms with Crippen LogP contribution in [0.5, 0.6) is 0 Å². The van der Waals surface area contributed by atoms with Crippen molar-refractivity contribution in [1.29, 1.82) is 0 Å². The molecule has 0 spiro atoms. The average molecular weight is 254 g/mol. The van der Waals surface area contributed by atoms with E-state index in [9.17, 15) is 14.7 Å². The summed E-state index contributed by atoms with van der Waals surface area (Å²) >= 11 is 0. The number of amides is 1. The fourth-order valence-electron chi connectivity index (χ4n) is 3.10. The fraction of sp³-hybridized carbons (Fsp3) is 0.846. The monoisotopic (exact) mass is 254 g/mol. The zero-order valence-corrected chi connectivity index (χ0v) is 10.7. The number of hydrogen-bond acceptors (Lipinski definition) is 3. The molecule has 3 unspecified atom stereocenters. The number of rotatable bonds is 2. The maximum atomic E-state index is 12.4. The second-order valence-corrected chi connectivity index (χ2v) is 5.51. The van der Waals surface area contributed by atoms with Gasteiger partial charge in [0.25, 0.3) is 0 Å². The highest BCUT2D eigenvalue weighted by atomic mass is 16.4. The Labute approximate surface area is 107 Å². The molecule has 1 heterocycles. The van der Waals surface area contributed by atoms with Gasteiger partial charge in [-0.1, -0.05) is 12.8 Å². The van der Waals surface area contributed by atoms with Gasteiger partial charge in [-0.15, -0.1) is 0 Å². The summed E-state index contributed by atoms with van der Waals surface area (Å²) in [5, 5.41) is 9.26. The number of carboxylic acids is 1. The van der Waals surface area contributed by atoms with Crippen molar-refractivity contribution in [2.75, 3.05) is 6.54 Å². The van der Waals surface area contributed by atoms with E-state index in [1.54, 1.807) is 4.90 Å². The molecule has 2 rings (SSSR count). The van der Waals surface area contributed by atoms with Gasteiger partial charge in [0.1, 0.15) is 6.04 Å². The normalized spacial score (nSPS) is 33.2. The maximum absolute atomic E-state index is 12.4. The van der Waals surface area contributed by atoms with E-state index in [0.29, 0.717) is 19.4 Å². The third-order valence-electron chi connectivity index (χ3n) is 4.14. The summed E-state index contributed by atoms with van der Waals surface area (Å²) in [6, 6.07) is -0.522. The van der Waals surface area contributed by atoms with Crippen LogP contribution in [0, 0.1) is 5.92 Å². The molecule has 1 aliphatic heterocycles. The number of hydrogen-bond donors (Lipinski definition) is 2.